The van der Waals surface area contributed by atoms with Gasteiger partial charge in [-0.15, -0.1) is 0 Å². The molecule has 40 heavy (non-hydrogen) atoms. The number of fused-ring (bicyclic) bond motifs is 2. The second-order valence-corrected chi connectivity index (χ2v) is 12.6. The lowest BCUT2D eigenvalue weighted by molar-refractivity contribution is -0.335. The highest BCUT2D eigenvalue weighted by Crippen LogP contribution is 2.46. The van der Waals surface area contributed by atoms with Crippen LogP contribution in [0.2, 0.25) is 0 Å². The summed E-state index contributed by atoms with van der Waals surface area (Å²) < 4.78 is 25.5. The monoisotopic (exact) mass is 555 g/mol. The van der Waals surface area contributed by atoms with Crippen molar-refractivity contribution in [1.29, 1.82) is 0 Å². The van der Waals surface area contributed by atoms with Gasteiger partial charge in [0.05, 0.1) is 18.8 Å². The lowest BCUT2D eigenvalue weighted by atomic mass is 9.71. The van der Waals surface area contributed by atoms with Gasteiger partial charge in [-0.25, -0.2) is 0 Å². The summed E-state index contributed by atoms with van der Waals surface area (Å²) in [5, 5.41) is 25.3. The second kappa shape index (κ2) is 11.6. The molecule has 4 heterocycles. The molecule has 1 spiro atoms. The smallest absolute Gasteiger partial charge is 0.316 e. The first-order valence-electron chi connectivity index (χ1n) is 14.9. The third-order valence-electron chi connectivity index (χ3n) is 9.45. The van der Waals surface area contributed by atoms with Crippen LogP contribution in [0.5, 0.6) is 0 Å². The minimum absolute atomic E-state index is 0.0940. The average molecular weight is 556 g/mol. The molecule has 0 aromatic rings. The second-order valence-electron chi connectivity index (χ2n) is 12.6. The summed E-state index contributed by atoms with van der Waals surface area (Å²) in [5.74, 6) is -1.60. The molecule has 0 radical (unpaired) electrons. The Labute approximate surface area is 237 Å². The molecule has 3 saturated heterocycles. The van der Waals surface area contributed by atoms with Gasteiger partial charge < -0.3 is 29.3 Å². The van der Waals surface area contributed by atoms with Gasteiger partial charge in [0.25, 0.3) is 0 Å². The van der Waals surface area contributed by atoms with Gasteiger partial charge in [-0.05, 0) is 62.5 Å². The average Bonchev–Trinajstić information content (AvgIpc) is 3.24. The van der Waals surface area contributed by atoms with E-state index >= 15 is 0 Å². The van der Waals surface area contributed by atoms with E-state index in [0.717, 1.165) is 32.1 Å². The van der Waals surface area contributed by atoms with E-state index in [1.165, 1.54) is 5.57 Å². The molecule has 9 atom stereocenters. The van der Waals surface area contributed by atoms with Crippen molar-refractivity contribution in [2.24, 2.45) is 22.9 Å². The van der Waals surface area contributed by atoms with Crippen molar-refractivity contribution in [1.82, 2.24) is 0 Å². The molecule has 0 aromatic carbocycles. The Morgan fingerprint density at radius 3 is 2.73 bits per heavy atom. The van der Waals surface area contributed by atoms with Crippen LogP contribution in [0, 0.1) is 17.8 Å². The van der Waals surface area contributed by atoms with Gasteiger partial charge >= 0.3 is 5.97 Å². The molecule has 0 saturated carbocycles. The highest BCUT2D eigenvalue weighted by atomic mass is 16.7. The van der Waals surface area contributed by atoms with Gasteiger partial charge in [0, 0.05) is 19.3 Å². The first-order valence-corrected chi connectivity index (χ1v) is 14.9. The Balaban J connectivity index is 1.53. The van der Waals surface area contributed by atoms with Crippen LogP contribution in [0.25, 0.3) is 0 Å². The Bertz CT molecular complexity index is 1140. The third-order valence-corrected chi connectivity index (χ3v) is 9.45. The molecule has 2 bridgehead atoms. The number of nitrogens with zero attached hydrogens (tertiary/aromatic N) is 1. The molecule has 3 fully saturated rings. The predicted molar refractivity (Wildman–Crippen MR) is 151 cm³/mol. The van der Waals surface area contributed by atoms with Crippen molar-refractivity contribution in [3.8, 4) is 0 Å². The Morgan fingerprint density at radius 1 is 1.18 bits per heavy atom. The fourth-order valence-corrected chi connectivity index (χ4v) is 7.22. The lowest BCUT2D eigenvalue weighted by Gasteiger charge is -2.49. The quantitative estimate of drug-likeness (QED) is 0.193. The Kier molecular flexibility index (Phi) is 8.44. The number of allylic oxidation sites excluding steroid dienone is 4. The van der Waals surface area contributed by atoms with E-state index in [1.807, 2.05) is 12.2 Å². The highest BCUT2D eigenvalue weighted by Gasteiger charge is 2.59. The van der Waals surface area contributed by atoms with Gasteiger partial charge in [-0.1, -0.05) is 61.9 Å². The van der Waals surface area contributed by atoms with Crippen LogP contribution in [-0.2, 0) is 23.7 Å². The van der Waals surface area contributed by atoms with Crippen LogP contribution < -0.4 is 0 Å². The standard InChI is InChI=1S/C32H45NO7/c1-6-27-21(4)12-13-31(40-27)17-25-16-24(39-31)11-10-20(3)14-19(2)8-7-9-23-18-37-29-28(33-36)22(5)15-26(30(34)38-25)32(23,29)35/h7-10,15,19,21,24-27,29,35-36H,6,11-14,16-18H2,1-5H3/b8-7+,20-10+,23-9?,33-28-/t19-,21-,24+,25-,26-,27+,29+,31+,32+/m0/s1. The number of aliphatic hydroxyl groups is 1. The molecule has 8 heteroatoms. The zero-order chi connectivity index (χ0) is 28.7. The molecule has 220 valence electrons. The van der Waals surface area contributed by atoms with Crippen LogP contribution in [0.1, 0.15) is 79.6 Å². The van der Waals surface area contributed by atoms with Gasteiger partial charge in [-0.2, -0.15) is 0 Å². The molecule has 0 aromatic heterocycles. The highest BCUT2D eigenvalue weighted by molar-refractivity contribution is 6.06. The maximum atomic E-state index is 13.9. The zero-order valence-corrected chi connectivity index (χ0v) is 24.5. The summed E-state index contributed by atoms with van der Waals surface area (Å²) in [5.41, 5.74) is 0.922. The maximum absolute atomic E-state index is 13.9. The van der Waals surface area contributed by atoms with Crippen molar-refractivity contribution in [3.63, 3.8) is 0 Å². The van der Waals surface area contributed by atoms with Crippen LogP contribution in [-0.4, -0.2) is 64.4 Å². The lowest BCUT2D eigenvalue weighted by Crippen LogP contribution is -2.57. The van der Waals surface area contributed by atoms with Crippen LogP contribution in [0.15, 0.2) is 52.3 Å². The van der Waals surface area contributed by atoms with E-state index in [9.17, 15) is 15.1 Å². The van der Waals surface area contributed by atoms with Gasteiger partial charge in [0.2, 0.25) is 0 Å². The topological polar surface area (TPSA) is 107 Å². The van der Waals surface area contributed by atoms with Crippen molar-refractivity contribution in [3.05, 3.63) is 47.1 Å². The predicted octanol–water partition coefficient (Wildman–Crippen LogP) is 5.39. The molecule has 5 aliphatic rings. The largest absolute Gasteiger partial charge is 0.462 e. The number of oxime groups is 1. The first kappa shape index (κ1) is 29.2. The number of carbonyl (C=O) groups excluding carboxylic acids is 1. The maximum Gasteiger partial charge on any atom is 0.316 e. The SMILES string of the molecule is CC[C@H]1O[C@]2(CC[C@@H]1C)C[C@@H]1C[C@@H](C/C=C(\C)C[C@@H](C)/C=C/C=C3CO[C@@H]4/C(=N\O)C(C)=C[C@@H](C(=O)O1)[C@]34O)O2. The van der Waals surface area contributed by atoms with Gasteiger partial charge in [0.1, 0.15) is 29.4 Å². The molecule has 1 aliphatic carbocycles. The summed E-state index contributed by atoms with van der Waals surface area (Å²) in [6, 6.07) is 0. The van der Waals surface area contributed by atoms with E-state index < -0.39 is 35.5 Å². The minimum atomic E-state index is -1.72. The molecule has 0 unspecified atom stereocenters. The number of carbonyl (C=O) groups is 1. The number of hydrogen-bond donors (Lipinski definition) is 2. The molecule has 5 rings (SSSR count). The number of hydrogen-bond acceptors (Lipinski definition) is 8. The third kappa shape index (κ3) is 5.48. The summed E-state index contributed by atoms with van der Waals surface area (Å²) in [6.45, 7) is 10.5. The molecule has 0 amide bonds. The van der Waals surface area contributed by atoms with Crippen molar-refractivity contribution in [2.45, 2.75) is 115 Å². The van der Waals surface area contributed by atoms with Crippen molar-refractivity contribution >= 4 is 11.7 Å². The van der Waals surface area contributed by atoms with Gasteiger partial charge in [-0.3, -0.25) is 4.79 Å². The molecule has 2 N–H and O–H groups in total. The van der Waals surface area contributed by atoms with Crippen LogP contribution in [0.4, 0.5) is 0 Å². The summed E-state index contributed by atoms with van der Waals surface area (Å²) in [7, 11) is 0. The van der Waals surface area contributed by atoms with E-state index in [2.05, 4.69) is 45.0 Å². The van der Waals surface area contributed by atoms with Crippen molar-refractivity contribution in [2.75, 3.05) is 6.61 Å². The molecule has 8 nitrogen and oxygen atoms in total. The molecular weight excluding hydrogens is 510 g/mol. The first-order chi connectivity index (χ1) is 19.1. The van der Waals surface area contributed by atoms with E-state index in [1.54, 1.807) is 13.0 Å². The zero-order valence-electron chi connectivity index (χ0n) is 24.5. The summed E-state index contributed by atoms with van der Waals surface area (Å²) >= 11 is 0. The number of rotatable bonds is 1. The summed E-state index contributed by atoms with van der Waals surface area (Å²) in [6.07, 6.45) is 13.6. The van der Waals surface area contributed by atoms with E-state index in [0.29, 0.717) is 29.9 Å². The fraction of sp³-hybridized carbons (Fsp3) is 0.688. The normalized spacial score (nSPS) is 45.6. The minimum Gasteiger partial charge on any atom is -0.462 e. The fourth-order valence-electron chi connectivity index (χ4n) is 7.22. The Morgan fingerprint density at radius 2 is 1.98 bits per heavy atom. The molecule has 4 aliphatic heterocycles. The van der Waals surface area contributed by atoms with Crippen LogP contribution >= 0.6 is 0 Å². The molecular formula is C32H45NO7. The van der Waals surface area contributed by atoms with Crippen LogP contribution in [0.3, 0.4) is 0 Å². The van der Waals surface area contributed by atoms with Crippen molar-refractivity contribution < 1.29 is 34.1 Å². The summed E-state index contributed by atoms with van der Waals surface area (Å²) in [4.78, 5) is 13.9. The van der Waals surface area contributed by atoms with E-state index in [4.69, 9.17) is 18.9 Å². The van der Waals surface area contributed by atoms with E-state index in [-0.39, 0.29) is 30.4 Å². The number of esters is 1. The van der Waals surface area contributed by atoms with Gasteiger partial charge in [0.15, 0.2) is 5.79 Å². The number of ether oxygens (including phenoxy) is 4. The Hall–Kier alpha value is -2.26.